The molecule has 1 aromatic heterocycles. The van der Waals surface area contributed by atoms with Crippen LogP contribution < -0.4 is 5.32 Å². The van der Waals surface area contributed by atoms with E-state index in [4.69, 9.17) is 16.3 Å². The maximum absolute atomic E-state index is 12.9. The Balaban J connectivity index is 2.15. The van der Waals surface area contributed by atoms with Gasteiger partial charge in [0.15, 0.2) is 0 Å². The minimum atomic E-state index is -0.246. The van der Waals surface area contributed by atoms with Gasteiger partial charge in [-0.3, -0.25) is 9.59 Å². The molecular weight excluding hydrogens is 380 g/mol. The molecule has 0 aliphatic heterocycles. The van der Waals surface area contributed by atoms with Crippen molar-refractivity contribution in [3.05, 3.63) is 46.7 Å². The first kappa shape index (κ1) is 21.9. The summed E-state index contributed by atoms with van der Waals surface area (Å²) in [6.45, 7) is 5.06. The summed E-state index contributed by atoms with van der Waals surface area (Å²) >= 11 is 6.10. The van der Waals surface area contributed by atoms with E-state index in [1.165, 1.54) is 4.90 Å². The molecule has 0 unspecified atom stereocenters. The highest BCUT2D eigenvalue weighted by Crippen LogP contribution is 2.25. The normalized spacial score (nSPS) is 10.9. The molecule has 0 aliphatic rings. The van der Waals surface area contributed by atoms with E-state index in [9.17, 15) is 9.59 Å². The SMILES string of the molecule is COCCCNC(=O)CN(C)C(=O)c1cnn(-c2cccc(Cl)c2)c1C(C)C. The number of methoxy groups -OCH3 is 1. The molecule has 28 heavy (non-hydrogen) atoms. The number of nitrogens with one attached hydrogen (secondary N) is 1. The molecule has 152 valence electrons. The molecule has 0 radical (unpaired) electrons. The third-order valence-corrected chi connectivity index (χ3v) is 4.45. The van der Waals surface area contributed by atoms with E-state index in [0.29, 0.717) is 23.7 Å². The van der Waals surface area contributed by atoms with Crippen LogP contribution >= 0.6 is 11.6 Å². The van der Waals surface area contributed by atoms with Gasteiger partial charge in [0.05, 0.1) is 29.7 Å². The fourth-order valence-corrected chi connectivity index (χ4v) is 3.07. The number of carbonyl (C=O) groups is 2. The molecule has 1 heterocycles. The lowest BCUT2D eigenvalue weighted by Gasteiger charge is -2.18. The Kier molecular flexibility index (Phi) is 8.02. The van der Waals surface area contributed by atoms with Gasteiger partial charge in [-0.25, -0.2) is 4.68 Å². The molecule has 2 aromatic rings. The van der Waals surface area contributed by atoms with Gasteiger partial charge in [-0.15, -0.1) is 0 Å². The number of hydrogen-bond acceptors (Lipinski definition) is 4. The van der Waals surface area contributed by atoms with Gasteiger partial charge in [0.1, 0.15) is 0 Å². The second-order valence-corrected chi connectivity index (χ2v) is 7.28. The lowest BCUT2D eigenvalue weighted by molar-refractivity contribution is -0.121. The fraction of sp³-hybridized carbons (Fsp3) is 0.450. The third-order valence-electron chi connectivity index (χ3n) is 4.21. The van der Waals surface area contributed by atoms with Crippen LogP contribution in [0.5, 0.6) is 0 Å². The molecule has 0 atom stereocenters. The number of carbonyl (C=O) groups excluding carboxylic acids is 2. The molecule has 0 saturated carbocycles. The van der Waals surface area contributed by atoms with E-state index >= 15 is 0 Å². The molecule has 0 aliphatic carbocycles. The summed E-state index contributed by atoms with van der Waals surface area (Å²) in [5, 5.41) is 7.77. The second kappa shape index (κ2) is 10.2. The van der Waals surface area contributed by atoms with Crippen molar-refractivity contribution in [3.8, 4) is 5.69 Å². The Morgan fingerprint density at radius 2 is 2.11 bits per heavy atom. The fourth-order valence-electron chi connectivity index (χ4n) is 2.88. The summed E-state index contributed by atoms with van der Waals surface area (Å²) in [4.78, 5) is 26.4. The van der Waals surface area contributed by atoms with E-state index < -0.39 is 0 Å². The zero-order valence-corrected chi connectivity index (χ0v) is 17.5. The van der Waals surface area contributed by atoms with Crippen molar-refractivity contribution < 1.29 is 14.3 Å². The molecule has 7 nitrogen and oxygen atoms in total. The molecule has 0 saturated heterocycles. The van der Waals surface area contributed by atoms with Crippen LogP contribution in [-0.2, 0) is 9.53 Å². The van der Waals surface area contributed by atoms with Gasteiger partial charge in [-0.2, -0.15) is 5.10 Å². The number of amides is 2. The number of ether oxygens (including phenoxy) is 1. The van der Waals surface area contributed by atoms with Gasteiger partial charge in [-0.1, -0.05) is 31.5 Å². The number of likely N-dealkylation sites (N-methyl/N-ethyl adjacent to an activating group) is 1. The predicted octanol–water partition coefficient (Wildman–Crippen LogP) is 2.87. The summed E-state index contributed by atoms with van der Waals surface area (Å²) < 4.78 is 6.67. The zero-order chi connectivity index (χ0) is 20.7. The van der Waals surface area contributed by atoms with Crippen LogP contribution in [-0.4, -0.2) is 60.3 Å². The standard InChI is InChI=1S/C20H27ClN4O3/c1-14(2)19-17(12-23-25(19)16-8-5-7-15(21)11-16)20(27)24(3)13-18(26)22-9-6-10-28-4/h5,7-8,11-12,14H,6,9-10,13H2,1-4H3,(H,22,26). The van der Waals surface area contributed by atoms with Gasteiger partial charge in [-0.05, 0) is 30.5 Å². The van der Waals surface area contributed by atoms with Gasteiger partial charge in [0, 0.05) is 32.3 Å². The molecule has 0 fully saturated rings. The van der Waals surface area contributed by atoms with E-state index in [1.807, 2.05) is 26.0 Å². The average Bonchev–Trinajstić information content (AvgIpc) is 3.10. The largest absolute Gasteiger partial charge is 0.385 e. The number of rotatable bonds is 9. The summed E-state index contributed by atoms with van der Waals surface area (Å²) in [5.41, 5.74) is 2.04. The number of halogens is 1. The highest BCUT2D eigenvalue weighted by atomic mass is 35.5. The van der Waals surface area contributed by atoms with Crippen LogP contribution in [0.1, 0.15) is 42.2 Å². The quantitative estimate of drug-likeness (QED) is 0.649. The summed E-state index contributed by atoms with van der Waals surface area (Å²) in [7, 11) is 3.22. The molecule has 1 aromatic carbocycles. The van der Waals surface area contributed by atoms with Crippen molar-refractivity contribution in [2.75, 3.05) is 33.9 Å². The first-order valence-corrected chi connectivity index (χ1v) is 9.58. The number of hydrogen-bond donors (Lipinski definition) is 1. The Hall–Kier alpha value is -2.38. The summed E-state index contributed by atoms with van der Waals surface area (Å²) in [6.07, 6.45) is 2.27. The van der Waals surface area contributed by atoms with Gasteiger partial charge in [0.2, 0.25) is 5.91 Å². The maximum atomic E-state index is 12.9. The molecule has 0 spiro atoms. The Morgan fingerprint density at radius 3 is 2.75 bits per heavy atom. The highest BCUT2D eigenvalue weighted by Gasteiger charge is 2.24. The minimum Gasteiger partial charge on any atom is -0.385 e. The maximum Gasteiger partial charge on any atom is 0.257 e. The highest BCUT2D eigenvalue weighted by molar-refractivity contribution is 6.30. The number of benzene rings is 1. The lowest BCUT2D eigenvalue weighted by atomic mass is 10.0. The zero-order valence-electron chi connectivity index (χ0n) is 16.7. The molecule has 0 bridgehead atoms. The van der Waals surface area contributed by atoms with Crippen molar-refractivity contribution in [1.82, 2.24) is 20.0 Å². The summed E-state index contributed by atoms with van der Waals surface area (Å²) in [6, 6.07) is 7.31. The Morgan fingerprint density at radius 1 is 1.36 bits per heavy atom. The average molecular weight is 407 g/mol. The Bertz CT molecular complexity index is 820. The Labute approximate surface area is 170 Å². The van der Waals surface area contributed by atoms with Crippen molar-refractivity contribution in [2.45, 2.75) is 26.2 Å². The first-order chi connectivity index (χ1) is 13.3. The minimum absolute atomic E-state index is 0.0221. The molecule has 1 N–H and O–H groups in total. The summed E-state index contributed by atoms with van der Waals surface area (Å²) in [5.74, 6) is -0.402. The predicted molar refractivity (Wildman–Crippen MR) is 109 cm³/mol. The topological polar surface area (TPSA) is 76.5 Å². The van der Waals surface area contributed by atoms with Gasteiger partial charge in [0.25, 0.3) is 5.91 Å². The van der Waals surface area contributed by atoms with Crippen LogP contribution in [0.25, 0.3) is 5.69 Å². The van der Waals surface area contributed by atoms with E-state index in [-0.39, 0.29) is 24.3 Å². The van der Waals surface area contributed by atoms with Crippen LogP contribution in [0.3, 0.4) is 0 Å². The molecular formula is C20H27ClN4O3. The van der Waals surface area contributed by atoms with Crippen molar-refractivity contribution in [1.29, 1.82) is 0 Å². The van der Waals surface area contributed by atoms with E-state index in [2.05, 4.69) is 10.4 Å². The first-order valence-electron chi connectivity index (χ1n) is 9.20. The van der Waals surface area contributed by atoms with E-state index in [0.717, 1.165) is 17.8 Å². The van der Waals surface area contributed by atoms with Crippen LogP contribution in [0, 0.1) is 0 Å². The third kappa shape index (κ3) is 5.56. The lowest BCUT2D eigenvalue weighted by Crippen LogP contribution is -2.39. The molecule has 8 heteroatoms. The van der Waals surface area contributed by atoms with Crippen molar-refractivity contribution >= 4 is 23.4 Å². The van der Waals surface area contributed by atoms with Gasteiger partial charge < -0.3 is 15.0 Å². The van der Waals surface area contributed by atoms with Crippen molar-refractivity contribution in [3.63, 3.8) is 0 Å². The second-order valence-electron chi connectivity index (χ2n) is 6.85. The molecule has 2 rings (SSSR count). The van der Waals surface area contributed by atoms with Crippen LogP contribution in [0.15, 0.2) is 30.5 Å². The van der Waals surface area contributed by atoms with Crippen LogP contribution in [0.4, 0.5) is 0 Å². The van der Waals surface area contributed by atoms with Crippen molar-refractivity contribution in [2.24, 2.45) is 0 Å². The van der Waals surface area contributed by atoms with Crippen LogP contribution in [0.2, 0.25) is 5.02 Å². The van der Waals surface area contributed by atoms with E-state index in [1.54, 1.807) is 37.2 Å². The number of aromatic nitrogens is 2. The monoisotopic (exact) mass is 406 g/mol. The smallest absolute Gasteiger partial charge is 0.257 e. The molecule has 2 amide bonds. The number of nitrogens with zero attached hydrogens (tertiary/aromatic N) is 3. The van der Waals surface area contributed by atoms with Gasteiger partial charge >= 0.3 is 0 Å².